The van der Waals surface area contributed by atoms with E-state index in [-0.39, 0.29) is 11.5 Å². The van der Waals surface area contributed by atoms with Gasteiger partial charge in [-0.3, -0.25) is 14.5 Å². The summed E-state index contributed by atoms with van der Waals surface area (Å²) in [5.74, 6) is 0.256. The first-order chi connectivity index (χ1) is 13.7. The van der Waals surface area contributed by atoms with E-state index >= 15 is 0 Å². The Bertz CT molecular complexity index is 789. The predicted octanol–water partition coefficient (Wildman–Crippen LogP) is 1.37. The molecule has 2 aromatic heterocycles. The number of methoxy groups -OCH3 is 1. The number of nitrogens with zero attached hydrogens (tertiary/aromatic N) is 4. The molecule has 0 saturated carbocycles. The summed E-state index contributed by atoms with van der Waals surface area (Å²) in [7, 11) is 1.65. The molecule has 0 radical (unpaired) electrons. The highest BCUT2D eigenvalue weighted by Gasteiger charge is 2.54. The van der Waals surface area contributed by atoms with Crippen molar-refractivity contribution in [3.63, 3.8) is 0 Å². The molecular weight excluding hydrogens is 360 g/mol. The Balaban J connectivity index is 1.28. The van der Waals surface area contributed by atoms with E-state index in [2.05, 4.69) is 10.1 Å². The first kappa shape index (κ1) is 19.0. The Kier molecular flexibility index (Phi) is 5.70. The van der Waals surface area contributed by atoms with Gasteiger partial charge in [0.05, 0.1) is 39.5 Å². The lowest BCUT2D eigenvalue weighted by Crippen LogP contribution is -2.66. The van der Waals surface area contributed by atoms with Crippen LogP contribution in [0.1, 0.15) is 22.5 Å². The number of hydrogen-bond acceptors (Lipinski definition) is 6. The van der Waals surface area contributed by atoms with Crippen LogP contribution in [0.2, 0.25) is 0 Å². The molecule has 1 spiro atoms. The summed E-state index contributed by atoms with van der Waals surface area (Å²) in [6, 6.07) is 5.67. The Labute approximate surface area is 164 Å². The van der Waals surface area contributed by atoms with E-state index in [1.807, 2.05) is 23.2 Å². The van der Waals surface area contributed by atoms with E-state index in [1.54, 1.807) is 30.3 Å². The van der Waals surface area contributed by atoms with Gasteiger partial charge in [-0.2, -0.15) is 5.10 Å². The van der Waals surface area contributed by atoms with Gasteiger partial charge in [0, 0.05) is 38.2 Å². The molecule has 2 fully saturated rings. The van der Waals surface area contributed by atoms with Crippen LogP contribution in [-0.2, 0) is 27.4 Å². The molecule has 2 aliphatic heterocycles. The molecule has 0 N–H and O–H groups in total. The zero-order valence-electron chi connectivity index (χ0n) is 16.1. The maximum absolute atomic E-state index is 12.7. The molecule has 2 aromatic rings. The maximum atomic E-state index is 12.7. The lowest BCUT2D eigenvalue weighted by atomic mass is 9.81. The number of aromatic nitrogens is 3. The van der Waals surface area contributed by atoms with E-state index in [0.29, 0.717) is 51.1 Å². The van der Waals surface area contributed by atoms with Crippen LogP contribution in [0.15, 0.2) is 36.8 Å². The van der Waals surface area contributed by atoms with Gasteiger partial charge in [-0.1, -0.05) is 0 Å². The van der Waals surface area contributed by atoms with Crippen LogP contribution in [-0.4, -0.2) is 71.2 Å². The molecule has 0 aliphatic carbocycles. The standard InChI is InChI=1S/C20H26N4O4/c1-26-11-9-24-8-4-18(22-24)19(25)23-14-20(15-23)17(5-10-28-20)13-27-12-16-2-6-21-7-3-16/h2-4,6-8,17H,5,9-15H2,1H3/t17-/m0/s1. The van der Waals surface area contributed by atoms with E-state index in [9.17, 15) is 4.79 Å². The van der Waals surface area contributed by atoms with Crippen molar-refractivity contribution in [2.45, 2.75) is 25.2 Å². The third kappa shape index (κ3) is 3.94. The molecule has 150 valence electrons. The van der Waals surface area contributed by atoms with Crippen LogP contribution < -0.4 is 0 Å². The fourth-order valence-electron chi connectivity index (χ4n) is 3.86. The molecule has 1 amide bonds. The number of amides is 1. The van der Waals surface area contributed by atoms with Gasteiger partial charge in [0.25, 0.3) is 5.91 Å². The Hall–Kier alpha value is -2.29. The summed E-state index contributed by atoms with van der Waals surface area (Å²) in [5.41, 5.74) is 1.30. The monoisotopic (exact) mass is 386 g/mol. The number of rotatable bonds is 8. The van der Waals surface area contributed by atoms with Crippen molar-refractivity contribution >= 4 is 5.91 Å². The van der Waals surface area contributed by atoms with E-state index in [4.69, 9.17) is 14.2 Å². The molecule has 2 saturated heterocycles. The van der Waals surface area contributed by atoms with Gasteiger partial charge in [-0.15, -0.1) is 0 Å². The molecular formula is C20H26N4O4. The van der Waals surface area contributed by atoms with Crippen LogP contribution >= 0.6 is 0 Å². The third-order valence-corrected chi connectivity index (χ3v) is 5.53. The molecule has 4 heterocycles. The van der Waals surface area contributed by atoms with Crippen molar-refractivity contribution in [2.75, 3.05) is 40.0 Å². The number of carbonyl (C=O) groups is 1. The summed E-state index contributed by atoms with van der Waals surface area (Å²) in [6.07, 6.45) is 6.31. The Morgan fingerprint density at radius 3 is 2.93 bits per heavy atom. The van der Waals surface area contributed by atoms with Crippen LogP contribution in [0.3, 0.4) is 0 Å². The van der Waals surface area contributed by atoms with E-state index in [0.717, 1.165) is 18.6 Å². The quantitative estimate of drug-likeness (QED) is 0.682. The highest BCUT2D eigenvalue weighted by atomic mass is 16.5. The van der Waals surface area contributed by atoms with Crippen molar-refractivity contribution in [3.8, 4) is 0 Å². The first-order valence-corrected chi connectivity index (χ1v) is 9.62. The predicted molar refractivity (Wildman–Crippen MR) is 101 cm³/mol. The molecule has 2 aliphatic rings. The molecule has 0 bridgehead atoms. The van der Waals surface area contributed by atoms with Gasteiger partial charge < -0.3 is 19.1 Å². The normalized spacial score (nSPS) is 20.5. The van der Waals surface area contributed by atoms with Crippen molar-refractivity contribution in [2.24, 2.45) is 5.92 Å². The Morgan fingerprint density at radius 2 is 2.14 bits per heavy atom. The zero-order chi connectivity index (χ0) is 19.4. The molecule has 0 aromatic carbocycles. The number of hydrogen-bond donors (Lipinski definition) is 0. The number of pyridine rings is 1. The molecule has 8 nitrogen and oxygen atoms in total. The molecule has 28 heavy (non-hydrogen) atoms. The summed E-state index contributed by atoms with van der Waals surface area (Å²) >= 11 is 0. The number of likely N-dealkylation sites (tertiary alicyclic amines) is 1. The van der Waals surface area contributed by atoms with Crippen molar-refractivity contribution in [1.29, 1.82) is 0 Å². The minimum absolute atomic E-state index is 0.0475. The minimum Gasteiger partial charge on any atom is -0.383 e. The lowest BCUT2D eigenvalue weighted by molar-refractivity contribution is -0.129. The van der Waals surface area contributed by atoms with Gasteiger partial charge in [0.2, 0.25) is 0 Å². The fourth-order valence-corrected chi connectivity index (χ4v) is 3.86. The van der Waals surface area contributed by atoms with Crippen molar-refractivity contribution in [3.05, 3.63) is 48.0 Å². The first-order valence-electron chi connectivity index (χ1n) is 9.62. The molecule has 4 rings (SSSR count). The van der Waals surface area contributed by atoms with Crippen LogP contribution in [0.25, 0.3) is 0 Å². The van der Waals surface area contributed by atoms with Crippen LogP contribution in [0.4, 0.5) is 0 Å². The highest BCUT2D eigenvalue weighted by molar-refractivity contribution is 5.93. The van der Waals surface area contributed by atoms with E-state index in [1.165, 1.54) is 0 Å². The average Bonchev–Trinajstić information content (AvgIpc) is 3.33. The second-order valence-electron chi connectivity index (χ2n) is 7.39. The minimum atomic E-state index is -0.271. The maximum Gasteiger partial charge on any atom is 0.274 e. The summed E-state index contributed by atoms with van der Waals surface area (Å²) in [4.78, 5) is 18.5. The number of ether oxygens (including phenoxy) is 3. The summed E-state index contributed by atoms with van der Waals surface area (Å²) < 4.78 is 18.7. The smallest absolute Gasteiger partial charge is 0.274 e. The molecule has 0 unspecified atom stereocenters. The third-order valence-electron chi connectivity index (χ3n) is 5.53. The van der Waals surface area contributed by atoms with Crippen molar-refractivity contribution in [1.82, 2.24) is 19.7 Å². The van der Waals surface area contributed by atoms with Crippen LogP contribution in [0.5, 0.6) is 0 Å². The highest BCUT2D eigenvalue weighted by Crippen LogP contribution is 2.40. The van der Waals surface area contributed by atoms with Gasteiger partial charge in [0.15, 0.2) is 0 Å². The van der Waals surface area contributed by atoms with Gasteiger partial charge in [0.1, 0.15) is 11.3 Å². The van der Waals surface area contributed by atoms with Crippen molar-refractivity contribution < 1.29 is 19.0 Å². The molecule has 1 atom stereocenters. The Morgan fingerprint density at radius 1 is 1.32 bits per heavy atom. The largest absolute Gasteiger partial charge is 0.383 e. The summed E-state index contributed by atoms with van der Waals surface area (Å²) in [6.45, 7) is 4.31. The average molecular weight is 386 g/mol. The van der Waals surface area contributed by atoms with Gasteiger partial charge in [-0.05, 0) is 30.2 Å². The number of carbonyl (C=O) groups excluding carboxylic acids is 1. The molecule has 8 heteroatoms. The van der Waals surface area contributed by atoms with E-state index < -0.39 is 0 Å². The zero-order valence-corrected chi connectivity index (χ0v) is 16.1. The second kappa shape index (κ2) is 8.38. The van der Waals surface area contributed by atoms with Gasteiger partial charge in [-0.25, -0.2) is 0 Å². The topological polar surface area (TPSA) is 78.7 Å². The SMILES string of the molecule is COCCn1ccc(C(=O)N2CC3(C2)OCC[C@H]3COCc2ccncc2)n1. The second-order valence-corrected chi connectivity index (χ2v) is 7.39. The summed E-state index contributed by atoms with van der Waals surface area (Å²) in [5, 5.41) is 4.34. The van der Waals surface area contributed by atoms with Crippen LogP contribution in [0, 0.1) is 5.92 Å². The van der Waals surface area contributed by atoms with Gasteiger partial charge >= 0.3 is 0 Å². The fraction of sp³-hybridized carbons (Fsp3) is 0.550. The lowest BCUT2D eigenvalue weighted by Gasteiger charge is -2.49.